The molecule has 6 heteroatoms. The number of aliphatic hydroxyl groups is 1. The van der Waals surface area contributed by atoms with Gasteiger partial charge in [-0.2, -0.15) is 5.26 Å². The Morgan fingerprint density at radius 1 is 1.27 bits per heavy atom. The highest BCUT2D eigenvalue weighted by Gasteiger charge is 2.40. The lowest BCUT2D eigenvalue weighted by Crippen LogP contribution is -2.40. The minimum atomic E-state index is -0.164. The van der Waals surface area contributed by atoms with Gasteiger partial charge in [-0.05, 0) is 31.9 Å². The molecule has 0 radical (unpaired) electrons. The van der Waals surface area contributed by atoms with Gasteiger partial charge in [0, 0.05) is 17.0 Å². The van der Waals surface area contributed by atoms with Crippen molar-refractivity contribution in [3.8, 4) is 17.3 Å². The molecule has 0 amide bonds. The molecule has 2 heterocycles. The highest BCUT2D eigenvalue weighted by molar-refractivity contribution is 7.11. The van der Waals surface area contributed by atoms with E-state index in [4.69, 9.17) is 10.7 Å². The molecule has 1 saturated carbocycles. The Morgan fingerprint density at radius 2 is 1.96 bits per heavy atom. The second-order valence-electron chi connectivity index (χ2n) is 6.86. The molecule has 0 spiro atoms. The number of thiazole rings is 1. The fraction of sp³-hybridized carbons (Fsp3) is 0.350. The van der Waals surface area contributed by atoms with Gasteiger partial charge >= 0.3 is 0 Å². The van der Waals surface area contributed by atoms with Gasteiger partial charge in [0.15, 0.2) is 0 Å². The zero-order valence-electron chi connectivity index (χ0n) is 14.6. The first-order chi connectivity index (χ1) is 12.6. The number of nitrogens with one attached hydrogen (secondary N) is 1. The molecule has 2 aliphatic rings. The van der Waals surface area contributed by atoms with Crippen LogP contribution in [0.3, 0.4) is 0 Å². The third-order valence-electron chi connectivity index (χ3n) is 5.31. The van der Waals surface area contributed by atoms with Crippen LogP contribution in [0.4, 0.5) is 0 Å². The quantitative estimate of drug-likeness (QED) is 0.835. The summed E-state index contributed by atoms with van der Waals surface area (Å²) in [5, 5.41) is 30.9. The van der Waals surface area contributed by atoms with Gasteiger partial charge in [0.25, 0.3) is 0 Å². The fourth-order valence-electron chi connectivity index (χ4n) is 3.91. The minimum Gasteiger partial charge on any atom is -0.509 e. The number of aromatic nitrogens is 1. The van der Waals surface area contributed by atoms with E-state index in [-0.39, 0.29) is 11.8 Å². The molecule has 5 nitrogen and oxygen atoms in total. The zero-order chi connectivity index (χ0) is 18.3. The van der Waals surface area contributed by atoms with E-state index in [0.29, 0.717) is 28.0 Å². The molecule has 1 aromatic carbocycles. The van der Waals surface area contributed by atoms with Crippen molar-refractivity contribution in [3.05, 3.63) is 46.0 Å². The number of rotatable bonds is 3. The maximum Gasteiger partial charge on any atom is 0.135 e. The summed E-state index contributed by atoms with van der Waals surface area (Å²) in [7, 11) is 0. The van der Waals surface area contributed by atoms with E-state index < -0.39 is 0 Å². The zero-order valence-corrected chi connectivity index (χ0v) is 15.4. The summed E-state index contributed by atoms with van der Waals surface area (Å²) in [6.45, 7) is 1.96. The number of hydrogen-bond donors (Lipinski definition) is 2. The van der Waals surface area contributed by atoms with Crippen molar-refractivity contribution in [2.24, 2.45) is 0 Å². The lowest BCUT2D eigenvalue weighted by Gasteiger charge is -2.30. The Hall–Kier alpha value is -2.65. The number of hydrogen-bond acceptors (Lipinski definition) is 5. The summed E-state index contributed by atoms with van der Waals surface area (Å²) < 4.78 is 0. The van der Waals surface area contributed by atoms with Gasteiger partial charge in [0.1, 0.15) is 16.6 Å². The molecular weight excluding hydrogens is 344 g/mol. The molecular formula is C20H20N4OS. The summed E-state index contributed by atoms with van der Waals surface area (Å²) in [6, 6.07) is 9.58. The molecule has 26 heavy (non-hydrogen) atoms. The van der Waals surface area contributed by atoms with E-state index in [1.54, 1.807) is 12.1 Å². The van der Waals surface area contributed by atoms with Crippen molar-refractivity contribution >= 4 is 22.7 Å². The van der Waals surface area contributed by atoms with Crippen LogP contribution in [0.5, 0.6) is 0 Å². The summed E-state index contributed by atoms with van der Waals surface area (Å²) in [5.74, 6) is 0.644. The number of benzene rings is 1. The topological polar surface area (TPSA) is 84.0 Å². The molecule has 4 rings (SSSR count). The van der Waals surface area contributed by atoms with E-state index >= 15 is 0 Å². The first kappa shape index (κ1) is 16.8. The van der Waals surface area contributed by atoms with Crippen LogP contribution < -0.4 is 0 Å². The molecule has 2 aromatic rings. The number of nitriles is 1. The largest absolute Gasteiger partial charge is 0.509 e. The molecule has 0 saturated heterocycles. The Labute approximate surface area is 156 Å². The second-order valence-corrected chi connectivity index (χ2v) is 7.72. The molecule has 1 fully saturated rings. The van der Waals surface area contributed by atoms with Crippen molar-refractivity contribution in [2.45, 2.75) is 44.7 Å². The molecule has 2 N–H and O–H groups in total. The lowest BCUT2D eigenvalue weighted by atomic mass is 10.1. The lowest BCUT2D eigenvalue weighted by molar-refractivity contribution is 0.235. The maximum atomic E-state index is 10.7. The van der Waals surface area contributed by atoms with Gasteiger partial charge in [0.2, 0.25) is 0 Å². The van der Waals surface area contributed by atoms with Crippen LogP contribution in [0.1, 0.15) is 43.2 Å². The first-order valence-corrected chi connectivity index (χ1v) is 9.75. The Morgan fingerprint density at radius 3 is 2.62 bits per heavy atom. The van der Waals surface area contributed by atoms with Crippen molar-refractivity contribution in [2.75, 3.05) is 0 Å². The number of amidine groups is 1. The SMILES string of the molecule is CC1C(O)=C(c2nc(-c3ccc(C#N)cc3)cs2)C(=N)N1C1CCCC1. The summed E-state index contributed by atoms with van der Waals surface area (Å²) in [6.07, 6.45) is 4.55. The van der Waals surface area contributed by atoms with Gasteiger partial charge in [-0.15, -0.1) is 11.3 Å². The highest BCUT2D eigenvalue weighted by atomic mass is 32.1. The molecule has 1 atom stereocenters. The molecule has 132 valence electrons. The van der Waals surface area contributed by atoms with Gasteiger partial charge in [-0.1, -0.05) is 25.0 Å². The summed E-state index contributed by atoms with van der Waals surface area (Å²) in [4.78, 5) is 6.72. The van der Waals surface area contributed by atoms with Crippen LogP contribution in [-0.4, -0.2) is 32.9 Å². The molecule has 1 aliphatic carbocycles. The fourth-order valence-corrected chi connectivity index (χ4v) is 4.80. The van der Waals surface area contributed by atoms with Crippen LogP contribution in [0, 0.1) is 16.7 Å². The van der Waals surface area contributed by atoms with Crippen LogP contribution in [-0.2, 0) is 0 Å². The van der Waals surface area contributed by atoms with E-state index in [0.717, 1.165) is 24.1 Å². The Balaban J connectivity index is 1.64. The first-order valence-electron chi connectivity index (χ1n) is 8.87. The predicted octanol–water partition coefficient (Wildman–Crippen LogP) is 4.57. The molecule has 1 aliphatic heterocycles. The van der Waals surface area contributed by atoms with Crippen LogP contribution in [0.25, 0.3) is 16.8 Å². The van der Waals surface area contributed by atoms with Crippen LogP contribution in [0.2, 0.25) is 0 Å². The predicted molar refractivity (Wildman–Crippen MR) is 103 cm³/mol. The van der Waals surface area contributed by atoms with Gasteiger partial charge < -0.3 is 10.0 Å². The van der Waals surface area contributed by atoms with Gasteiger partial charge in [-0.3, -0.25) is 5.41 Å². The van der Waals surface area contributed by atoms with E-state index in [1.807, 2.05) is 24.4 Å². The molecule has 0 bridgehead atoms. The van der Waals surface area contributed by atoms with Crippen molar-refractivity contribution in [3.63, 3.8) is 0 Å². The van der Waals surface area contributed by atoms with Crippen molar-refractivity contribution in [1.29, 1.82) is 10.7 Å². The third kappa shape index (κ3) is 2.69. The maximum absolute atomic E-state index is 10.7. The second kappa shape index (κ2) is 6.58. The van der Waals surface area contributed by atoms with E-state index in [2.05, 4.69) is 16.0 Å². The minimum absolute atomic E-state index is 0.164. The Kier molecular flexibility index (Phi) is 4.25. The van der Waals surface area contributed by atoms with Crippen molar-refractivity contribution in [1.82, 2.24) is 9.88 Å². The monoisotopic (exact) mass is 364 g/mol. The normalized spacial score (nSPS) is 20.8. The number of nitrogens with zero attached hydrogens (tertiary/aromatic N) is 3. The Bertz CT molecular complexity index is 916. The standard InChI is InChI=1S/C20H20N4OS/c1-12-18(25)17(19(22)24(12)15-4-2-3-5-15)20-23-16(11-26-20)14-8-6-13(10-21)7-9-14/h6-9,11-12,15,22,25H,2-5H2,1H3. The number of aliphatic hydroxyl groups excluding tert-OH is 1. The van der Waals surface area contributed by atoms with Crippen LogP contribution >= 0.6 is 11.3 Å². The van der Waals surface area contributed by atoms with Gasteiger partial charge in [0.05, 0.1) is 28.9 Å². The smallest absolute Gasteiger partial charge is 0.135 e. The third-order valence-corrected chi connectivity index (χ3v) is 6.17. The summed E-state index contributed by atoms with van der Waals surface area (Å²) >= 11 is 1.44. The van der Waals surface area contributed by atoms with E-state index in [1.165, 1.54) is 24.2 Å². The van der Waals surface area contributed by atoms with Gasteiger partial charge in [-0.25, -0.2) is 4.98 Å². The molecule has 1 aromatic heterocycles. The molecule has 1 unspecified atom stereocenters. The summed E-state index contributed by atoms with van der Waals surface area (Å²) in [5.41, 5.74) is 2.91. The van der Waals surface area contributed by atoms with Crippen molar-refractivity contribution < 1.29 is 5.11 Å². The highest BCUT2D eigenvalue weighted by Crippen LogP contribution is 2.38. The average molecular weight is 364 g/mol. The van der Waals surface area contributed by atoms with E-state index in [9.17, 15) is 5.11 Å². The van der Waals surface area contributed by atoms with Crippen LogP contribution in [0.15, 0.2) is 35.4 Å². The average Bonchev–Trinajstić information content (AvgIpc) is 3.37.